The van der Waals surface area contributed by atoms with Crippen LogP contribution in [0.25, 0.3) is 0 Å². The summed E-state index contributed by atoms with van der Waals surface area (Å²) in [6.07, 6.45) is 5.47. The largest absolute Gasteiger partial charge is 0.465 e. The van der Waals surface area contributed by atoms with E-state index in [-0.39, 0.29) is 18.6 Å². The first-order valence-electron chi connectivity index (χ1n) is 6.56. The van der Waals surface area contributed by atoms with Crippen LogP contribution < -0.4 is 0 Å². The van der Waals surface area contributed by atoms with E-state index in [0.717, 1.165) is 12.8 Å². The fourth-order valence-corrected chi connectivity index (χ4v) is 2.79. The number of carbonyl (C=O) groups excluding carboxylic acids is 2. The molecule has 0 aromatic carbocycles. The van der Waals surface area contributed by atoms with Gasteiger partial charge in [-0.15, -0.1) is 0 Å². The summed E-state index contributed by atoms with van der Waals surface area (Å²) in [5.41, 5.74) is -1.14. The average molecular weight is 252 g/mol. The molecule has 0 unspecified atom stereocenters. The van der Waals surface area contributed by atoms with Crippen LogP contribution in [0.15, 0.2) is 12.2 Å². The van der Waals surface area contributed by atoms with Gasteiger partial charge in [-0.2, -0.15) is 0 Å². The summed E-state index contributed by atoms with van der Waals surface area (Å²) in [7, 11) is 0. The lowest BCUT2D eigenvalue weighted by Gasteiger charge is -2.25. The molecule has 4 nitrogen and oxygen atoms in total. The van der Waals surface area contributed by atoms with E-state index in [1.807, 2.05) is 6.08 Å². The summed E-state index contributed by atoms with van der Waals surface area (Å²) < 4.78 is 10.4. The topological polar surface area (TPSA) is 52.6 Å². The lowest BCUT2D eigenvalue weighted by molar-refractivity contribution is -0.165. The maximum Gasteiger partial charge on any atom is 0.324 e. The van der Waals surface area contributed by atoms with E-state index in [2.05, 4.69) is 13.0 Å². The van der Waals surface area contributed by atoms with Crippen LogP contribution in [0.5, 0.6) is 0 Å². The second kappa shape index (κ2) is 4.75. The Labute approximate surface area is 107 Å². The van der Waals surface area contributed by atoms with Crippen molar-refractivity contribution in [1.82, 2.24) is 0 Å². The van der Waals surface area contributed by atoms with Gasteiger partial charge in [-0.05, 0) is 38.7 Å². The van der Waals surface area contributed by atoms with Gasteiger partial charge in [-0.3, -0.25) is 9.59 Å². The molecular formula is C14H20O4. The predicted molar refractivity (Wildman–Crippen MR) is 65.6 cm³/mol. The third kappa shape index (κ3) is 1.93. The van der Waals surface area contributed by atoms with Gasteiger partial charge in [0, 0.05) is 5.92 Å². The lowest BCUT2D eigenvalue weighted by Crippen LogP contribution is -2.40. The summed E-state index contributed by atoms with van der Waals surface area (Å²) in [5.74, 6) is -0.549. The number of hydrogen-bond donors (Lipinski definition) is 0. The van der Waals surface area contributed by atoms with Gasteiger partial charge in [0.05, 0.1) is 6.61 Å². The molecule has 1 aliphatic heterocycles. The standard InChI is InChI=1S/C14H20O4/c1-4-17-12(15)14(3)10-7-5-9(2)6-8-11(10)18-13(14)16/h6,8-11H,4-5,7H2,1-3H3/t9-,10+,11-,14-/m0/s1. The van der Waals surface area contributed by atoms with Crippen molar-refractivity contribution in [1.29, 1.82) is 0 Å². The van der Waals surface area contributed by atoms with Crippen molar-refractivity contribution in [2.45, 2.75) is 39.7 Å². The van der Waals surface area contributed by atoms with Gasteiger partial charge < -0.3 is 9.47 Å². The summed E-state index contributed by atoms with van der Waals surface area (Å²) in [6.45, 7) is 5.81. The number of rotatable bonds is 2. The Balaban J connectivity index is 2.28. The first-order chi connectivity index (χ1) is 8.50. The molecule has 1 fully saturated rings. The minimum atomic E-state index is -1.14. The van der Waals surface area contributed by atoms with Crippen LogP contribution in [0.2, 0.25) is 0 Å². The molecule has 0 aromatic rings. The molecule has 0 bridgehead atoms. The summed E-state index contributed by atoms with van der Waals surface area (Å²) in [5, 5.41) is 0. The number of fused-ring (bicyclic) bond motifs is 1. The molecule has 1 saturated heterocycles. The highest BCUT2D eigenvalue weighted by atomic mass is 16.6. The molecule has 0 N–H and O–H groups in total. The van der Waals surface area contributed by atoms with Crippen LogP contribution in [0.1, 0.15) is 33.6 Å². The van der Waals surface area contributed by atoms with E-state index >= 15 is 0 Å². The molecule has 0 amide bonds. The molecule has 0 radical (unpaired) electrons. The molecule has 0 spiro atoms. The molecule has 4 heteroatoms. The van der Waals surface area contributed by atoms with Gasteiger partial charge in [0.2, 0.25) is 0 Å². The van der Waals surface area contributed by atoms with E-state index in [0.29, 0.717) is 5.92 Å². The van der Waals surface area contributed by atoms with Crippen molar-refractivity contribution in [2.24, 2.45) is 17.3 Å². The van der Waals surface area contributed by atoms with Crippen molar-refractivity contribution in [2.75, 3.05) is 6.61 Å². The Morgan fingerprint density at radius 3 is 2.89 bits per heavy atom. The van der Waals surface area contributed by atoms with Crippen LogP contribution in [-0.4, -0.2) is 24.6 Å². The second-order valence-corrected chi connectivity index (χ2v) is 5.34. The van der Waals surface area contributed by atoms with Crippen LogP contribution in [-0.2, 0) is 19.1 Å². The van der Waals surface area contributed by atoms with E-state index in [4.69, 9.17) is 9.47 Å². The maximum atomic E-state index is 12.1. The quantitative estimate of drug-likeness (QED) is 0.429. The predicted octanol–water partition coefficient (Wildman–Crippen LogP) is 2.08. The number of ether oxygens (including phenoxy) is 2. The highest BCUT2D eigenvalue weighted by Gasteiger charge is 2.59. The van der Waals surface area contributed by atoms with E-state index < -0.39 is 17.4 Å². The third-order valence-corrected chi connectivity index (χ3v) is 4.07. The maximum absolute atomic E-state index is 12.1. The van der Waals surface area contributed by atoms with Crippen LogP contribution in [0.3, 0.4) is 0 Å². The molecule has 0 aromatic heterocycles. The Morgan fingerprint density at radius 2 is 2.22 bits per heavy atom. The van der Waals surface area contributed by atoms with E-state index in [1.54, 1.807) is 13.8 Å². The smallest absolute Gasteiger partial charge is 0.324 e. The van der Waals surface area contributed by atoms with Gasteiger partial charge >= 0.3 is 11.9 Å². The second-order valence-electron chi connectivity index (χ2n) is 5.34. The molecule has 2 rings (SSSR count). The normalized spacial score (nSPS) is 38.8. The zero-order valence-electron chi connectivity index (χ0n) is 11.1. The lowest BCUT2D eigenvalue weighted by atomic mass is 9.74. The summed E-state index contributed by atoms with van der Waals surface area (Å²) in [6, 6.07) is 0. The van der Waals surface area contributed by atoms with Crippen molar-refractivity contribution >= 4 is 11.9 Å². The Kier molecular flexibility index (Phi) is 3.46. The Morgan fingerprint density at radius 1 is 1.50 bits per heavy atom. The SMILES string of the molecule is CCOC(=O)[C@@]1(C)C(=O)O[C@H]2C=C[C@@H](C)CC[C@H]21. The Hall–Kier alpha value is -1.32. The molecule has 100 valence electrons. The number of hydrogen-bond acceptors (Lipinski definition) is 4. The molecule has 2 aliphatic rings. The monoisotopic (exact) mass is 252 g/mol. The first kappa shape index (κ1) is 13.1. The first-order valence-corrected chi connectivity index (χ1v) is 6.56. The van der Waals surface area contributed by atoms with Crippen LogP contribution >= 0.6 is 0 Å². The number of carbonyl (C=O) groups is 2. The van der Waals surface area contributed by atoms with Crippen LogP contribution in [0.4, 0.5) is 0 Å². The zero-order chi connectivity index (χ0) is 13.3. The zero-order valence-corrected chi connectivity index (χ0v) is 11.1. The van der Waals surface area contributed by atoms with Gasteiger partial charge in [0.15, 0.2) is 5.41 Å². The van der Waals surface area contributed by atoms with Crippen molar-refractivity contribution in [3.8, 4) is 0 Å². The van der Waals surface area contributed by atoms with Crippen LogP contribution in [0, 0.1) is 17.3 Å². The molecule has 18 heavy (non-hydrogen) atoms. The van der Waals surface area contributed by atoms with E-state index in [1.165, 1.54) is 0 Å². The van der Waals surface area contributed by atoms with E-state index in [9.17, 15) is 9.59 Å². The average Bonchev–Trinajstić information content (AvgIpc) is 2.47. The third-order valence-electron chi connectivity index (χ3n) is 4.07. The molecule has 0 saturated carbocycles. The fraction of sp³-hybridized carbons (Fsp3) is 0.714. The minimum Gasteiger partial charge on any atom is -0.465 e. The fourth-order valence-electron chi connectivity index (χ4n) is 2.79. The number of esters is 2. The highest BCUT2D eigenvalue weighted by molar-refractivity contribution is 6.01. The van der Waals surface area contributed by atoms with Gasteiger partial charge in [0.25, 0.3) is 0 Å². The number of allylic oxidation sites excluding steroid dienone is 1. The highest BCUT2D eigenvalue weighted by Crippen LogP contribution is 2.45. The molecular weight excluding hydrogens is 232 g/mol. The molecule has 4 atom stereocenters. The van der Waals surface area contributed by atoms with Crippen molar-refractivity contribution in [3.05, 3.63) is 12.2 Å². The minimum absolute atomic E-state index is 0.106. The van der Waals surface area contributed by atoms with Crippen molar-refractivity contribution < 1.29 is 19.1 Å². The van der Waals surface area contributed by atoms with Crippen molar-refractivity contribution in [3.63, 3.8) is 0 Å². The summed E-state index contributed by atoms with van der Waals surface area (Å²) >= 11 is 0. The molecule has 1 aliphatic carbocycles. The Bertz CT molecular complexity index is 387. The van der Waals surface area contributed by atoms with Gasteiger partial charge in [-0.25, -0.2) is 0 Å². The summed E-state index contributed by atoms with van der Waals surface area (Å²) in [4.78, 5) is 24.1. The molecule has 1 heterocycles. The van der Waals surface area contributed by atoms with Gasteiger partial charge in [0.1, 0.15) is 6.10 Å². The van der Waals surface area contributed by atoms with Gasteiger partial charge in [-0.1, -0.05) is 13.0 Å².